The Morgan fingerprint density at radius 1 is 0.895 bits per heavy atom. The van der Waals surface area contributed by atoms with Gasteiger partial charge in [0.25, 0.3) is 5.91 Å². The lowest BCUT2D eigenvalue weighted by Crippen LogP contribution is -2.39. The molecule has 0 fully saturated rings. The largest absolute Gasteiger partial charge is 0.302 e. The van der Waals surface area contributed by atoms with Crippen molar-refractivity contribution in [3.8, 4) is 0 Å². The fourth-order valence-corrected chi connectivity index (χ4v) is 6.79. The minimum absolute atomic E-state index is 0. The standard InChI is InChI=1S/C28H40N4O3S2.ClH/c1-7-11-18-31(10-4)37(34,35)24-15-13-23(14-16-24)27(33)32(20-19-30(8-2)9-3)28-29-26-22(6)21(5)12-17-25(26)36-28;/h12-17H,7-11,18-20H2,1-6H3;1H. The Kier molecular flexibility index (Phi) is 12.2. The summed E-state index contributed by atoms with van der Waals surface area (Å²) in [5, 5.41) is 0.661. The number of thiazole rings is 1. The van der Waals surface area contributed by atoms with Gasteiger partial charge >= 0.3 is 0 Å². The highest BCUT2D eigenvalue weighted by molar-refractivity contribution is 7.89. The Labute approximate surface area is 238 Å². The number of hydrogen-bond acceptors (Lipinski definition) is 6. The van der Waals surface area contributed by atoms with Crippen LogP contribution in [0.2, 0.25) is 0 Å². The zero-order chi connectivity index (χ0) is 27.2. The highest BCUT2D eigenvalue weighted by atomic mass is 35.5. The second-order valence-corrected chi connectivity index (χ2v) is 12.2. The summed E-state index contributed by atoms with van der Waals surface area (Å²) in [6, 6.07) is 10.5. The molecule has 1 amide bonds. The van der Waals surface area contributed by atoms with Crippen LogP contribution in [-0.2, 0) is 10.0 Å². The van der Waals surface area contributed by atoms with Crippen molar-refractivity contribution >= 4 is 55.0 Å². The molecule has 0 atom stereocenters. The maximum absolute atomic E-state index is 13.8. The molecule has 1 heterocycles. The van der Waals surface area contributed by atoms with Crippen molar-refractivity contribution in [3.63, 3.8) is 0 Å². The lowest BCUT2D eigenvalue weighted by Gasteiger charge is -2.25. The van der Waals surface area contributed by atoms with E-state index in [2.05, 4.69) is 44.7 Å². The summed E-state index contributed by atoms with van der Waals surface area (Å²) in [7, 11) is -3.60. The molecule has 0 N–H and O–H groups in total. The average Bonchev–Trinajstić information content (AvgIpc) is 3.33. The van der Waals surface area contributed by atoms with Crippen molar-refractivity contribution in [1.29, 1.82) is 0 Å². The van der Waals surface area contributed by atoms with Crippen LogP contribution in [0.25, 0.3) is 10.2 Å². The highest BCUT2D eigenvalue weighted by Crippen LogP contribution is 2.32. The van der Waals surface area contributed by atoms with Gasteiger partial charge in [-0.05, 0) is 74.8 Å². The molecule has 7 nitrogen and oxygen atoms in total. The number of rotatable bonds is 13. The van der Waals surface area contributed by atoms with E-state index in [0.717, 1.165) is 48.3 Å². The van der Waals surface area contributed by atoms with Gasteiger partial charge in [-0.3, -0.25) is 9.69 Å². The second-order valence-electron chi connectivity index (χ2n) is 9.21. The molecule has 2 aromatic carbocycles. The number of unbranched alkanes of at least 4 members (excludes halogenated alkanes) is 1. The van der Waals surface area contributed by atoms with E-state index in [1.807, 2.05) is 13.8 Å². The molecule has 0 aliphatic rings. The maximum atomic E-state index is 13.8. The molecule has 38 heavy (non-hydrogen) atoms. The van der Waals surface area contributed by atoms with Crippen molar-refractivity contribution in [2.45, 2.75) is 59.3 Å². The number of carbonyl (C=O) groups excluding carboxylic acids is 1. The van der Waals surface area contributed by atoms with Crippen LogP contribution in [0, 0.1) is 13.8 Å². The smallest absolute Gasteiger partial charge is 0.260 e. The predicted molar refractivity (Wildman–Crippen MR) is 162 cm³/mol. The van der Waals surface area contributed by atoms with E-state index in [1.165, 1.54) is 21.2 Å². The minimum Gasteiger partial charge on any atom is -0.302 e. The Balaban J connectivity index is 0.00000507. The molecule has 3 aromatic rings. The van der Waals surface area contributed by atoms with Gasteiger partial charge in [0.05, 0.1) is 15.1 Å². The first-order valence-electron chi connectivity index (χ1n) is 13.2. The number of anilines is 1. The summed E-state index contributed by atoms with van der Waals surface area (Å²) in [5.74, 6) is -0.178. The fourth-order valence-electron chi connectivity index (χ4n) is 4.25. The van der Waals surface area contributed by atoms with Crippen LogP contribution < -0.4 is 4.90 Å². The number of benzene rings is 2. The van der Waals surface area contributed by atoms with E-state index in [0.29, 0.717) is 30.3 Å². The van der Waals surface area contributed by atoms with Crippen LogP contribution in [0.5, 0.6) is 0 Å². The molecule has 0 unspecified atom stereocenters. The summed E-state index contributed by atoms with van der Waals surface area (Å²) in [4.78, 5) is 22.9. The van der Waals surface area contributed by atoms with Crippen molar-refractivity contribution in [2.75, 3.05) is 44.2 Å². The Bertz CT molecular complexity index is 1310. The lowest BCUT2D eigenvalue weighted by atomic mass is 10.1. The SMILES string of the molecule is CCCCN(CC)S(=O)(=O)c1ccc(C(=O)N(CCN(CC)CC)c2nc3c(C)c(C)ccc3s2)cc1.Cl. The zero-order valence-corrected chi connectivity index (χ0v) is 25.8. The van der Waals surface area contributed by atoms with Crippen LogP contribution in [-0.4, -0.2) is 67.8 Å². The predicted octanol–water partition coefficient (Wildman–Crippen LogP) is 6.13. The Morgan fingerprint density at radius 2 is 1.55 bits per heavy atom. The van der Waals surface area contributed by atoms with Crippen LogP contribution in [0.1, 0.15) is 62.0 Å². The molecule has 0 aliphatic heterocycles. The number of carbonyl (C=O) groups is 1. The molecule has 0 saturated carbocycles. The summed E-state index contributed by atoms with van der Waals surface area (Å²) in [6.45, 7) is 16.2. The average molecular weight is 581 g/mol. The van der Waals surface area contributed by atoms with Gasteiger partial charge in [0.2, 0.25) is 10.0 Å². The minimum atomic E-state index is -3.60. The molecule has 1 aromatic heterocycles. The number of amides is 1. The second kappa shape index (κ2) is 14.4. The van der Waals surface area contributed by atoms with Crippen LogP contribution in [0.4, 0.5) is 5.13 Å². The van der Waals surface area contributed by atoms with Gasteiger partial charge in [-0.25, -0.2) is 13.4 Å². The molecule has 0 bridgehead atoms. The van der Waals surface area contributed by atoms with Gasteiger partial charge in [0, 0.05) is 31.7 Å². The number of halogens is 1. The van der Waals surface area contributed by atoms with E-state index in [4.69, 9.17) is 4.98 Å². The first kappa shape index (κ1) is 32.2. The maximum Gasteiger partial charge on any atom is 0.260 e. The van der Waals surface area contributed by atoms with E-state index in [9.17, 15) is 13.2 Å². The van der Waals surface area contributed by atoms with E-state index < -0.39 is 10.0 Å². The number of fused-ring (bicyclic) bond motifs is 1. The summed E-state index contributed by atoms with van der Waals surface area (Å²) < 4.78 is 28.8. The molecule has 0 saturated heterocycles. The molecule has 210 valence electrons. The topological polar surface area (TPSA) is 73.8 Å². The third-order valence-electron chi connectivity index (χ3n) is 6.94. The molecule has 0 aliphatic carbocycles. The van der Waals surface area contributed by atoms with Crippen molar-refractivity contribution in [2.24, 2.45) is 0 Å². The number of aryl methyl sites for hydroxylation is 2. The van der Waals surface area contributed by atoms with Crippen LogP contribution >= 0.6 is 23.7 Å². The molecule has 3 rings (SSSR count). The fraction of sp³-hybridized carbons (Fsp3) is 0.500. The number of aromatic nitrogens is 1. The quantitative estimate of drug-likeness (QED) is 0.243. The van der Waals surface area contributed by atoms with Crippen molar-refractivity contribution in [1.82, 2.24) is 14.2 Å². The van der Waals surface area contributed by atoms with Crippen LogP contribution in [0.15, 0.2) is 41.3 Å². The molecule has 0 spiro atoms. The number of hydrogen-bond donors (Lipinski definition) is 0. The normalized spacial score (nSPS) is 11.8. The van der Waals surface area contributed by atoms with E-state index in [1.54, 1.807) is 29.2 Å². The number of likely N-dealkylation sites (N-methyl/N-ethyl adjacent to an activating group) is 1. The first-order chi connectivity index (χ1) is 17.7. The third-order valence-corrected chi connectivity index (χ3v) is 9.97. The number of nitrogens with zero attached hydrogens (tertiary/aromatic N) is 4. The van der Waals surface area contributed by atoms with Crippen molar-refractivity contribution < 1.29 is 13.2 Å². The lowest BCUT2D eigenvalue weighted by molar-refractivity contribution is 0.0983. The van der Waals surface area contributed by atoms with E-state index >= 15 is 0 Å². The van der Waals surface area contributed by atoms with Gasteiger partial charge in [0.15, 0.2) is 5.13 Å². The van der Waals surface area contributed by atoms with Crippen molar-refractivity contribution in [3.05, 3.63) is 53.1 Å². The zero-order valence-electron chi connectivity index (χ0n) is 23.4. The van der Waals surface area contributed by atoms with Gasteiger partial charge in [0.1, 0.15) is 0 Å². The Morgan fingerprint density at radius 3 is 2.13 bits per heavy atom. The van der Waals surface area contributed by atoms with Gasteiger partial charge in [-0.2, -0.15) is 4.31 Å². The molecular weight excluding hydrogens is 540 g/mol. The number of sulfonamides is 1. The van der Waals surface area contributed by atoms with E-state index in [-0.39, 0.29) is 23.2 Å². The molecule has 0 radical (unpaired) electrons. The van der Waals surface area contributed by atoms with Gasteiger partial charge < -0.3 is 4.90 Å². The van der Waals surface area contributed by atoms with Gasteiger partial charge in [-0.15, -0.1) is 12.4 Å². The summed E-state index contributed by atoms with van der Waals surface area (Å²) >= 11 is 1.51. The monoisotopic (exact) mass is 580 g/mol. The summed E-state index contributed by atoms with van der Waals surface area (Å²) in [5.41, 5.74) is 3.66. The summed E-state index contributed by atoms with van der Waals surface area (Å²) in [6.07, 6.45) is 1.74. The van der Waals surface area contributed by atoms with Gasteiger partial charge in [-0.1, -0.05) is 51.5 Å². The Hall–Kier alpha value is -2.04. The molecular formula is C28H41ClN4O3S2. The first-order valence-corrected chi connectivity index (χ1v) is 15.4. The third kappa shape index (κ3) is 7.12. The molecule has 10 heteroatoms. The highest BCUT2D eigenvalue weighted by Gasteiger charge is 2.25. The van der Waals surface area contributed by atoms with Crippen LogP contribution in [0.3, 0.4) is 0 Å².